The number of halogens is 1. The molecule has 0 unspecified atom stereocenters. The molecule has 0 aromatic carbocycles. The molecule has 0 atom stereocenters. The van der Waals surface area contributed by atoms with Crippen molar-refractivity contribution in [2.75, 3.05) is 11.5 Å². The average Bonchev–Trinajstić information content (AvgIpc) is 2.69. The van der Waals surface area contributed by atoms with Crippen molar-refractivity contribution >= 4 is 33.5 Å². The number of aromatic nitrogens is 3. The monoisotopic (exact) mass is 312 g/mol. The van der Waals surface area contributed by atoms with Gasteiger partial charge in [-0.3, -0.25) is 0 Å². The summed E-state index contributed by atoms with van der Waals surface area (Å²) in [6, 6.07) is 5.67. The van der Waals surface area contributed by atoms with Crippen LogP contribution in [-0.2, 0) is 0 Å². The van der Waals surface area contributed by atoms with Crippen LogP contribution < -0.4 is 5.73 Å². The van der Waals surface area contributed by atoms with Gasteiger partial charge in [-0.2, -0.15) is 9.78 Å². The van der Waals surface area contributed by atoms with Crippen LogP contribution in [0.5, 0.6) is 0 Å². The van der Waals surface area contributed by atoms with Crippen LogP contribution in [0.25, 0.3) is 5.82 Å². The van der Waals surface area contributed by atoms with Crippen LogP contribution in [0, 0.1) is 0 Å². The second kappa shape index (κ2) is 5.55. The first-order valence-corrected chi connectivity index (χ1v) is 7.09. The first-order valence-electron chi connectivity index (χ1n) is 5.31. The molecule has 0 spiro atoms. The number of nitrogens with two attached hydrogens (primary N) is 1. The van der Waals surface area contributed by atoms with Gasteiger partial charge in [0, 0.05) is 16.7 Å². The summed E-state index contributed by atoms with van der Waals surface area (Å²) in [5, 5.41) is 5.36. The fraction of sp³-hybridized carbons (Fsp3) is 0.273. The SMILES string of the molecule is CCCSc1cc(N)n(-c2ccc(Br)cn2)n1. The standard InChI is InChI=1S/C11H13BrN4S/c1-2-5-17-11-6-9(13)16(15-11)10-4-3-8(12)7-14-10/h3-4,6-7H,2,5,13H2,1H3. The predicted octanol–water partition coefficient (Wildman–Crippen LogP) is 3.11. The summed E-state index contributed by atoms with van der Waals surface area (Å²) in [7, 11) is 0. The van der Waals surface area contributed by atoms with Crippen LogP contribution in [0.2, 0.25) is 0 Å². The van der Waals surface area contributed by atoms with E-state index in [0.29, 0.717) is 5.82 Å². The predicted molar refractivity (Wildman–Crippen MR) is 74.5 cm³/mol. The summed E-state index contributed by atoms with van der Waals surface area (Å²) >= 11 is 5.05. The van der Waals surface area contributed by atoms with Gasteiger partial charge >= 0.3 is 0 Å². The number of hydrogen-bond donors (Lipinski definition) is 1. The van der Waals surface area contributed by atoms with Gasteiger partial charge in [-0.05, 0) is 40.2 Å². The number of thioether (sulfide) groups is 1. The van der Waals surface area contributed by atoms with Gasteiger partial charge < -0.3 is 5.73 Å². The molecule has 0 radical (unpaired) electrons. The van der Waals surface area contributed by atoms with Crippen molar-refractivity contribution in [1.29, 1.82) is 0 Å². The maximum atomic E-state index is 5.92. The third-order valence-corrected chi connectivity index (χ3v) is 3.67. The second-order valence-corrected chi connectivity index (χ2v) is 5.53. The summed E-state index contributed by atoms with van der Waals surface area (Å²) in [4.78, 5) is 4.27. The smallest absolute Gasteiger partial charge is 0.155 e. The second-order valence-electron chi connectivity index (χ2n) is 3.50. The van der Waals surface area contributed by atoms with E-state index >= 15 is 0 Å². The highest BCUT2D eigenvalue weighted by atomic mass is 79.9. The molecule has 0 aliphatic carbocycles. The molecule has 6 heteroatoms. The lowest BCUT2D eigenvalue weighted by Gasteiger charge is -2.02. The Hall–Kier alpha value is -1.01. The lowest BCUT2D eigenvalue weighted by atomic mass is 10.4. The number of anilines is 1. The van der Waals surface area contributed by atoms with Crippen LogP contribution >= 0.6 is 27.7 Å². The molecule has 2 aromatic heterocycles. The van der Waals surface area contributed by atoms with E-state index in [9.17, 15) is 0 Å². The van der Waals surface area contributed by atoms with Crippen molar-refractivity contribution < 1.29 is 0 Å². The summed E-state index contributed by atoms with van der Waals surface area (Å²) in [6.45, 7) is 2.14. The van der Waals surface area contributed by atoms with Crippen molar-refractivity contribution in [3.8, 4) is 5.82 Å². The number of nitrogen functional groups attached to an aromatic ring is 1. The minimum atomic E-state index is 0.610. The summed E-state index contributed by atoms with van der Waals surface area (Å²) < 4.78 is 2.59. The first kappa shape index (κ1) is 12.4. The van der Waals surface area contributed by atoms with E-state index in [2.05, 4.69) is 32.9 Å². The van der Waals surface area contributed by atoms with Gasteiger partial charge in [-0.15, -0.1) is 11.8 Å². The Labute approximate surface area is 113 Å². The maximum absolute atomic E-state index is 5.92. The topological polar surface area (TPSA) is 56.7 Å². The van der Waals surface area contributed by atoms with Crippen LogP contribution in [0.15, 0.2) is 33.9 Å². The average molecular weight is 313 g/mol. The largest absolute Gasteiger partial charge is 0.383 e. The Kier molecular flexibility index (Phi) is 4.06. The third kappa shape index (κ3) is 3.01. The number of pyridine rings is 1. The molecule has 0 aliphatic heterocycles. The van der Waals surface area contributed by atoms with Gasteiger partial charge in [-0.25, -0.2) is 4.98 Å². The Morgan fingerprint density at radius 2 is 2.29 bits per heavy atom. The molecule has 2 N–H and O–H groups in total. The van der Waals surface area contributed by atoms with E-state index in [1.54, 1.807) is 22.6 Å². The van der Waals surface area contributed by atoms with Crippen molar-refractivity contribution in [1.82, 2.24) is 14.8 Å². The van der Waals surface area contributed by atoms with E-state index < -0.39 is 0 Å². The van der Waals surface area contributed by atoms with Gasteiger partial charge in [0.2, 0.25) is 0 Å². The van der Waals surface area contributed by atoms with E-state index in [1.165, 1.54) is 0 Å². The van der Waals surface area contributed by atoms with E-state index in [0.717, 1.165) is 27.5 Å². The Bertz CT molecular complexity index is 495. The fourth-order valence-corrected chi connectivity index (χ4v) is 2.32. The molecule has 0 bridgehead atoms. The lowest BCUT2D eigenvalue weighted by Crippen LogP contribution is -2.03. The molecule has 90 valence electrons. The van der Waals surface area contributed by atoms with Crippen LogP contribution in [-0.4, -0.2) is 20.5 Å². The van der Waals surface area contributed by atoms with Gasteiger partial charge in [-0.1, -0.05) is 6.92 Å². The summed E-state index contributed by atoms with van der Waals surface area (Å²) in [5.41, 5.74) is 5.92. The number of hydrogen-bond acceptors (Lipinski definition) is 4. The van der Waals surface area contributed by atoms with Gasteiger partial charge in [0.15, 0.2) is 5.82 Å². The van der Waals surface area contributed by atoms with E-state index in [-0.39, 0.29) is 0 Å². The zero-order valence-corrected chi connectivity index (χ0v) is 11.8. The Balaban J connectivity index is 2.26. The van der Waals surface area contributed by atoms with E-state index in [1.807, 2.05) is 18.2 Å². The molecule has 2 rings (SSSR count). The fourth-order valence-electron chi connectivity index (χ4n) is 1.33. The Morgan fingerprint density at radius 1 is 1.47 bits per heavy atom. The summed E-state index contributed by atoms with van der Waals surface area (Å²) in [5.74, 6) is 2.39. The van der Waals surface area contributed by atoms with Gasteiger partial charge in [0.1, 0.15) is 10.8 Å². The number of rotatable bonds is 4. The van der Waals surface area contributed by atoms with Crippen molar-refractivity contribution in [2.24, 2.45) is 0 Å². The van der Waals surface area contributed by atoms with E-state index in [4.69, 9.17) is 5.73 Å². The lowest BCUT2D eigenvalue weighted by molar-refractivity contribution is 0.818. The normalized spacial score (nSPS) is 10.7. The number of nitrogens with zero attached hydrogens (tertiary/aromatic N) is 3. The van der Waals surface area contributed by atoms with Crippen LogP contribution in [0.4, 0.5) is 5.82 Å². The van der Waals surface area contributed by atoms with Crippen LogP contribution in [0.1, 0.15) is 13.3 Å². The van der Waals surface area contributed by atoms with Gasteiger partial charge in [0.05, 0.1) is 0 Å². The molecule has 0 amide bonds. The molecule has 0 aliphatic rings. The maximum Gasteiger partial charge on any atom is 0.155 e. The first-order chi connectivity index (χ1) is 8.20. The van der Waals surface area contributed by atoms with Gasteiger partial charge in [0.25, 0.3) is 0 Å². The summed E-state index contributed by atoms with van der Waals surface area (Å²) in [6.07, 6.45) is 2.85. The zero-order valence-electron chi connectivity index (χ0n) is 9.43. The van der Waals surface area contributed by atoms with Crippen molar-refractivity contribution in [2.45, 2.75) is 18.4 Å². The molecular weight excluding hydrogens is 300 g/mol. The molecule has 4 nitrogen and oxygen atoms in total. The minimum Gasteiger partial charge on any atom is -0.383 e. The molecule has 17 heavy (non-hydrogen) atoms. The molecule has 0 saturated carbocycles. The highest BCUT2D eigenvalue weighted by Gasteiger charge is 2.07. The minimum absolute atomic E-state index is 0.610. The van der Waals surface area contributed by atoms with Crippen molar-refractivity contribution in [3.05, 3.63) is 28.9 Å². The molecule has 0 fully saturated rings. The molecule has 0 saturated heterocycles. The third-order valence-electron chi connectivity index (χ3n) is 2.10. The molecular formula is C11H13BrN4S. The Morgan fingerprint density at radius 3 is 2.94 bits per heavy atom. The molecule has 2 heterocycles. The molecule has 2 aromatic rings. The van der Waals surface area contributed by atoms with Crippen molar-refractivity contribution in [3.63, 3.8) is 0 Å². The quantitative estimate of drug-likeness (QED) is 0.881. The highest BCUT2D eigenvalue weighted by molar-refractivity contribution is 9.10. The highest BCUT2D eigenvalue weighted by Crippen LogP contribution is 2.22. The van der Waals surface area contributed by atoms with Crippen LogP contribution in [0.3, 0.4) is 0 Å². The zero-order chi connectivity index (χ0) is 12.3.